The molecule has 2 aromatic heterocycles. The number of nitrogens with two attached hydrogens (primary N) is 1. The fourth-order valence-corrected chi connectivity index (χ4v) is 1.72. The summed E-state index contributed by atoms with van der Waals surface area (Å²) in [4.78, 5) is 8.49. The van der Waals surface area contributed by atoms with Crippen LogP contribution in [0.1, 0.15) is 23.9 Å². The summed E-state index contributed by atoms with van der Waals surface area (Å²) < 4.78 is 2.13. The van der Waals surface area contributed by atoms with E-state index in [9.17, 15) is 0 Å². The van der Waals surface area contributed by atoms with E-state index >= 15 is 0 Å². The molecular weight excluding hydrogens is 200 g/mol. The van der Waals surface area contributed by atoms with Gasteiger partial charge in [-0.3, -0.25) is 0 Å². The van der Waals surface area contributed by atoms with Gasteiger partial charge in [0.1, 0.15) is 11.6 Å². The van der Waals surface area contributed by atoms with Crippen molar-refractivity contribution in [3.63, 3.8) is 0 Å². The zero-order chi connectivity index (χ0) is 11.5. The van der Waals surface area contributed by atoms with Crippen LogP contribution in [0.3, 0.4) is 0 Å². The molecule has 0 saturated carbocycles. The quantitative estimate of drug-likeness (QED) is 0.850. The van der Waals surface area contributed by atoms with E-state index in [0.717, 1.165) is 29.9 Å². The summed E-state index contributed by atoms with van der Waals surface area (Å²) in [5.74, 6) is 1.66. The molecule has 0 fully saturated rings. The highest BCUT2D eigenvalue weighted by Crippen LogP contribution is 2.12. The summed E-state index contributed by atoms with van der Waals surface area (Å²) in [6.45, 7) is 5.02. The topological polar surface area (TPSA) is 56.7 Å². The molecule has 0 unspecified atom stereocenters. The number of anilines is 1. The molecule has 4 nitrogen and oxygen atoms in total. The summed E-state index contributed by atoms with van der Waals surface area (Å²) in [5, 5.41) is 0. The van der Waals surface area contributed by atoms with Crippen LogP contribution in [0.4, 0.5) is 5.82 Å². The minimum atomic E-state index is 0.600. The molecule has 2 N–H and O–H groups in total. The molecule has 0 aliphatic rings. The van der Waals surface area contributed by atoms with Crippen LogP contribution in [-0.4, -0.2) is 14.5 Å². The maximum Gasteiger partial charge on any atom is 0.126 e. The van der Waals surface area contributed by atoms with Gasteiger partial charge in [-0.05, 0) is 25.0 Å². The summed E-state index contributed by atoms with van der Waals surface area (Å²) in [7, 11) is 0. The third kappa shape index (κ3) is 2.05. The smallest absolute Gasteiger partial charge is 0.126 e. The Balaban J connectivity index is 2.24. The van der Waals surface area contributed by atoms with E-state index in [-0.39, 0.29) is 0 Å². The van der Waals surface area contributed by atoms with Crippen LogP contribution in [0.2, 0.25) is 0 Å². The molecule has 0 bridgehead atoms. The second kappa shape index (κ2) is 4.35. The zero-order valence-corrected chi connectivity index (χ0v) is 9.64. The number of rotatable bonds is 3. The molecule has 84 valence electrons. The van der Waals surface area contributed by atoms with Gasteiger partial charge in [-0.15, -0.1) is 0 Å². The Morgan fingerprint density at radius 1 is 1.38 bits per heavy atom. The van der Waals surface area contributed by atoms with Crippen molar-refractivity contribution in [2.24, 2.45) is 0 Å². The Bertz CT molecular complexity index is 488. The number of pyridine rings is 1. The maximum atomic E-state index is 5.69. The molecule has 0 spiro atoms. The molecule has 0 aliphatic heterocycles. The van der Waals surface area contributed by atoms with Crippen molar-refractivity contribution >= 4 is 5.82 Å². The van der Waals surface area contributed by atoms with E-state index in [1.165, 1.54) is 0 Å². The monoisotopic (exact) mass is 216 g/mol. The highest BCUT2D eigenvalue weighted by atomic mass is 15.0. The molecule has 0 aromatic carbocycles. The van der Waals surface area contributed by atoms with E-state index < -0.39 is 0 Å². The lowest BCUT2D eigenvalue weighted by atomic mass is 10.1. The first kappa shape index (κ1) is 10.7. The fraction of sp³-hybridized carbons (Fsp3) is 0.333. The van der Waals surface area contributed by atoms with Crippen LogP contribution in [0.15, 0.2) is 24.7 Å². The molecule has 0 atom stereocenters. The standard InChI is InChI=1S/C12H16N4/c1-3-16-5-4-14-11(16)7-10-6-9(2)12(13)15-8-10/h4-6,8H,3,7H2,1-2H3,(H2,13,15). The third-order valence-corrected chi connectivity index (χ3v) is 2.68. The van der Waals surface area contributed by atoms with Gasteiger partial charge < -0.3 is 10.3 Å². The lowest BCUT2D eigenvalue weighted by molar-refractivity contribution is 0.712. The molecule has 0 amide bonds. The SMILES string of the molecule is CCn1ccnc1Cc1cnc(N)c(C)c1. The number of nitrogen functional groups attached to an aromatic ring is 1. The number of nitrogens with zero attached hydrogens (tertiary/aromatic N) is 3. The average Bonchev–Trinajstić information content (AvgIpc) is 2.71. The van der Waals surface area contributed by atoms with Gasteiger partial charge in [0, 0.05) is 31.6 Å². The van der Waals surface area contributed by atoms with Crippen molar-refractivity contribution in [1.82, 2.24) is 14.5 Å². The van der Waals surface area contributed by atoms with Crippen LogP contribution >= 0.6 is 0 Å². The van der Waals surface area contributed by atoms with Gasteiger partial charge in [0.2, 0.25) is 0 Å². The van der Waals surface area contributed by atoms with Crippen LogP contribution in [0.5, 0.6) is 0 Å². The first-order valence-corrected chi connectivity index (χ1v) is 5.41. The maximum absolute atomic E-state index is 5.69. The van der Waals surface area contributed by atoms with Gasteiger partial charge in [0.25, 0.3) is 0 Å². The Hall–Kier alpha value is -1.84. The molecule has 2 aromatic rings. The molecule has 0 saturated heterocycles. The lowest BCUT2D eigenvalue weighted by Gasteiger charge is -2.06. The van der Waals surface area contributed by atoms with Crippen molar-refractivity contribution in [2.45, 2.75) is 26.8 Å². The average molecular weight is 216 g/mol. The van der Waals surface area contributed by atoms with Gasteiger partial charge in [0.05, 0.1) is 0 Å². The van der Waals surface area contributed by atoms with E-state index in [4.69, 9.17) is 5.73 Å². The van der Waals surface area contributed by atoms with Gasteiger partial charge in [-0.25, -0.2) is 9.97 Å². The van der Waals surface area contributed by atoms with Crippen molar-refractivity contribution in [2.75, 3.05) is 5.73 Å². The second-order valence-corrected chi connectivity index (χ2v) is 3.85. The molecule has 16 heavy (non-hydrogen) atoms. The third-order valence-electron chi connectivity index (χ3n) is 2.68. The molecule has 0 aliphatic carbocycles. The van der Waals surface area contributed by atoms with Crippen LogP contribution in [0, 0.1) is 6.92 Å². The minimum absolute atomic E-state index is 0.600. The second-order valence-electron chi connectivity index (χ2n) is 3.85. The highest BCUT2D eigenvalue weighted by Gasteiger charge is 2.04. The molecule has 2 heterocycles. The Morgan fingerprint density at radius 3 is 2.88 bits per heavy atom. The van der Waals surface area contributed by atoms with Gasteiger partial charge in [0.15, 0.2) is 0 Å². The zero-order valence-electron chi connectivity index (χ0n) is 9.64. The van der Waals surface area contributed by atoms with E-state index in [1.54, 1.807) is 0 Å². The largest absolute Gasteiger partial charge is 0.383 e. The molecule has 2 rings (SSSR count). The predicted molar refractivity (Wildman–Crippen MR) is 64.1 cm³/mol. The lowest BCUT2D eigenvalue weighted by Crippen LogP contribution is -2.03. The highest BCUT2D eigenvalue weighted by molar-refractivity contribution is 5.40. The van der Waals surface area contributed by atoms with Crippen molar-refractivity contribution < 1.29 is 0 Å². The Labute approximate surface area is 95.1 Å². The van der Waals surface area contributed by atoms with Crippen LogP contribution in [-0.2, 0) is 13.0 Å². The van der Waals surface area contributed by atoms with Gasteiger partial charge >= 0.3 is 0 Å². The summed E-state index contributed by atoms with van der Waals surface area (Å²) in [5.41, 5.74) is 7.85. The molecule has 0 radical (unpaired) electrons. The summed E-state index contributed by atoms with van der Waals surface area (Å²) in [6.07, 6.45) is 6.44. The van der Waals surface area contributed by atoms with E-state index in [1.807, 2.05) is 25.5 Å². The van der Waals surface area contributed by atoms with Crippen molar-refractivity contribution in [3.8, 4) is 0 Å². The predicted octanol–water partition coefficient (Wildman–Crippen LogP) is 1.78. The number of aromatic nitrogens is 3. The molecular formula is C12H16N4. The molecule has 4 heteroatoms. The first-order chi connectivity index (χ1) is 7.70. The fourth-order valence-electron chi connectivity index (χ4n) is 1.72. The summed E-state index contributed by atoms with van der Waals surface area (Å²) >= 11 is 0. The number of imidazole rings is 1. The summed E-state index contributed by atoms with van der Waals surface area (Å²) in [6, 6.07) is 2.07. The normalized spacial score (nSPS) is 10.6. The number of aryl methyl sites for hydroxylation is 2. The minimum Gasteiger partial charge on any atom is -0.383 e. The number of hydrogen-bond donors (Lipinski definition) is 1. The van der Waals surface area contributed by atoms with Gasteiger partial charge in [-0.1, -0.05) is 6.07 Å². The Kier molecular flexibility index (Phi) is 2.90. The van der Waals surface area contributed by atoms with Gasteiger partial charge in [-0.2, -0.15) is 0 Å². The van der Waals surface area contributed by atoms with Crippen LogP contribution < -0.4 is 5.73 Å². The van der Waals surface area contributed by atoms with Crippen molar-refractivity contribution in [1.29, 1.82) is 0 Å². The number of hydrogen-bond acceptors (Lipinski definition) is 3. The van der Waals surface area contributed by atoms with Crippen LogP contribution in [0.25, 0.3) is 0 Å². The Morgan fingerprint density at radius 2 is 2.19 bits per heavy atom. The van der Waals surface area contributed by atoms with E-state index in [2.05, 4.69) is 27.5 Å². The van der Waals surface area contributed by atoms with Crippen molar-refractivity contribution in [3.05, 3.63) is 41.6 Å². The van der Waals surface area contributed by atoms with E-state index in [0.29, 0.717) is 5.82 Å². The first-order valence-electron chi connectivity index (χ1n) is 5.41.